The van der Waals surface area contributed by atoms with E-state index in [1.54, 1.807) is 39.9 Å². The second-order valence-corrected chi connectivity index (χ2v) is 10.7. The van der Waals surface area contributed by atoms with E-state index in [0.717, 1.165) is 53.0 Å². The van der Waals surface area contributed by atoms with Crippen LogP contribution in [-0.4, -0.2) is 73.6 Å². The van der Waals surface area contributed by atoms with Gasteiger partial charge in [-0.1, -0.05) is 6.07 Å². The largest absolute Gasteiger partial charge is 0.497 e. The lowest BCUT2D eigenvalue weighted by atomic mass is 10.0. The number of carbonyl (C=O) groups is 2. The summed E-state index contributed by atoms with van der Waals surface area (Å²) < 4.78 is 11.9. The number of pyridine rings is 2. The van der Waals surface area contributed by atoms with Crippen molar-refractivity contribution in [3.8, 4) is 22.6 Å². The second kappa shape index (κ2) is 12.3. The molecule has 0 saturated carbocycles. The van der Waals surface area contributed by atoms with E-state index < -0.39 is 0 Å². The lowest BCUT2D eigenvalue weighted by Crippen LogP contribution is -2.48. The number of methoxy groups -OCH3 is 2. The number of rotatable bonds is 9. The molecular weight excluding hydrogens is 526 g/mol. The molecule has 1 aromatic carbocycles. The van der Waals surface area contributed by atoms with Gasteiger partial charge in [0.1, 0.15) is 17.3 Å². The molecule has 1 fully saturated rings. The van der Waals surface area contributed by atoms with Crippen molar-refractivity contribution in [3.05, 3.63) is 65.9 Å². The van der Waals surface area contributed by atoms with Crippen molar-refractivity contribution in [2.75, 3.05) is 45.8 Å². The van der Waals surface area contributed by atoms with Gasteiger partial charge in [0.25, 0.3) is 5.91 Å². The predicted octanol–water partition coefficient (Wildman–Crippen LogP) is 4.62. The normalized spacial score (nSPS) is 13.7. The standard InChI is InChI=1S/C30H33N5O4S/c1-31-28(36)9-13-35(22-7-11-34(12-8-22)27-6-4-5-10-33-27)30(37)26-16-20-14-23(38-2)17-25(29(20)40-26)21-15-24(39-3)19-32-18-21/h4-6,10,14-19,22H,7-9,11-13H2,1-3H3,(H,31,36). The van der Waals surface area contributed by atoms with Gasteiger partial charge in [-0.05, 0) is 54.6 Å². The van der Waals surface area contributed by atoms with Crippen LogP contribution >= 0.6 is 11.3 Å². The Bertz CT molecular complexity index is 1480. The first-order chi connectivity index (χ1) is 19.5. The van der Waals surface area contributed by atoms with Gasteiger partial charge in [0.05, 0.1) is 25.3 Å². The molecule has 0 aliphatic carbocycles. The number of anilines is 1. The van der Waals surface area contributed by atoms with Crippen molar-refractivity contribution in [2.45, 2.75) is 25.3 Å². The monoisotopic (exact) mass is 559 g/mol. The van der Waals surface area contributed by atoms with Crippen LogP contribution in [0.2, 0.25) is 0 Å². The molecule has 0 bridgehead atoms. The number of nitrogens with one attached hydrogen (secondary N) is 1. The SMILES string of the molecule is CNC(=O)CCN(C(=O)c1cc2cc(OC)cc(-c3cncc(OC)c3)c2s1)C1CCN(c2ccccn2)CC1. The third-order valence-corrected chi connectivity index (χ3v) is 8.47. The Hall–Kier alpha value is -4.18. The van der Waals surface area contributed by atoms with Crippen LogP contribution in [0.25, 0.3) is 21.2 Å². The van der Waals surface area contributed by atoms with Gasteiger partial charge in [0, 0.05) is 67.4 Å². The third-order valence-electron chi connectivity index (χ3n) is 7.29. The Morgan fingerprint density at radius 2 is 1.88 bits per heavy atom. The summed E-state index contributed by atoms with van der Waals surface area (Å²) in [4.78, 5) is 39.8. The summed E-state index contributed by atoms with van der Waals surface area (Å²) in [6.07, 6.45) is 7.09. The zero-order valence-electron chi connectivity index (χ0n) is 22.9. The topological polar surface area (TPSA) is 96.9 Å². The first-order valence-corrected chi connectivity index (χ1v) is 14.1. The van der Waals surface area contributed by atoms with E-state index in [-0.39, 0.29) is 24.3 Å². The van der Waals surface area contributed by atoms with Crippen LogP contribution in [0.4, 0.5) is 5.82 Å². The summed E-state index contributed by atoms with van der Waals surface area (Å²) in [6.45, 7) is 1.95. The molecule has 1 aliphatic rings. The maximum absolute atomic E-state index is 14.1. The molecule has 40 heavy (non-hydrogen) atoms. The van der Waals surface area contributed by atoms with E-state index in [9.17, 15) is 9.59 Å². The third kappa shape index (κ3) is 5.86. The number of nitrogens with zero attached hydrogens (tertiary/aromatic N) is 4. The van der Waals surface area contributed by atoms with Crippen LogP contribution in [0.1, 0.15) is 28.9 Å². The van der Waals surface area contributed by atoms with Crippen LogP contribution < -0.4 is 19.7 Å². The highest BCUT2D eigenvalue weighted by atomic mass is 32.1. The fourth-order valence-corrected chi connectivity index (χ4v) is 6.26. The summed E-state index contributed by atoms with van der Waals surface area (Å²) in [6, 6.07) is 13.7. The molecule has 4 heterocycles. The maximum Gasteiger partial charge on any atom is 0.264 e. The van der Waals surface area contributed by atoms with Gasteiger partial charge < -0.3 is 24.6 Å². The molecule has 4 aromatic rings. The minimum atomic E-state index is -0.0855. The molecule has 2 amide bonds. The molecule has 3 aromatic heterocycles. The molecule has 1 N–H and O–H groups in total. The highest BCUT2D eigenvalue weighted by molar-refractivity contribution is 7.21. The quantitative estimate of drug-likeness (QED) is 0.320. The number of amides is 2. The fraction of sp³-hybridized carbons (Fsp3) is 0.333. The zero-order valence-corrected chi connectivity index (χ0v) is 23.7. The Morgan fingerprint density at radius 3 is 2.58 bits per heavy atom. The van der Waals surface area contributed by atoms with Crippen LogP contribution in [0.5, 0.6) is 11.5 Å². The molecule has 0 spiro atoms. The minimum absolute atomic E-state index is 0.0268. The van der Waals surface area contributed by atoms with E-state index in [4.69, 9.17) is 9.47 Å². The van der Waals surface area contributed by atoms with Gasteiger partial charge in [-0.2, -0.15) is 0 Å². The number of fused-ring (bicyclic) bond motifs is 1. The van der Waals surface area contributed by atoms with E-state index >= 15 is 0 Å². The van der Waals surface area contributed by atoms with Gasteiger partial charge in [0.15, 0.2) is 0 Å². The van der Waals surface area contributed by atoms with Crippen molar-refractivity contribution >= 4 is 39.1 Å². The van der Waals surface area contributed by atoms with Gasteiger partial charge in [-0.25, -0.2) is 4.98 Å². The molecule has 208 valence electrons. The van der Waals surface area contributed by atoms with Crippen LogP contribution in [0.3, 0.4) is 0 Å². The lowest BCUT2D eigenvalue weighted by Gasteiger charge is -2.39. The Kier molecular flexibility index (Phi) is 8.45. The number of carbonyl (C=O) groups excluding carboxylic acids is 2. The average molecular weight is 560 g/mol. The molecule has 10 heteroatoms. The summed E-state index contributed by atoms with van der Waals surface area (Å²) in [5.74, 6) is 2.15. The molecule has 5 rings (SSSR count). The van der Waals surface area contributed by atoms with Crippen LogP contribution in [0, 0.1) is 0 Å². The highest BCUT2D eigenvalue weighted by Crippen LogP contribution is 2.39. The predicted molar refractivity (Wildman–Crippen MR) is 157 cm³/mol. The number of hydrogen-bond donors (Lipinski definition) is 1. The number of hydrogen-bond acceptors (Lipinski definition) is 8. The molecule has 9 nitrogen and oxygen atoms in total. The first-order valence-electron chi connectivity index (χ1n) is 13.3. The molecule has 0 atom stereocenters. The molecule has 1 saturated heterocycles. The summed E-state index contributed by atoms with van der Waals surface area (Å²) >= 11 is 1.45. The van der Waals surface area contributed by atoms with E-state index in [1.165, 1.54) is 11.3 Å². The van der Waals surface area contributed by atoms with E-state index in [0.29, 0.717) is 22.9 Å². The van der Waals surface area contributed by atoms with E-state index in [1.807, 2.05) is 47.4 Å². The second-order valence-electron chi connectivity index (χ2n) is 9.65. The molecule has 0 unspecified atom stereocenters. The average Bonchev–Trinajstić information content (AvgIpc) is 3.45. The Morgan fingerprint density at radius 1 is 1.07 bits per heavy atom. The van der Waals surface area contributed by atoms with Crippen molar-refractivity contribution in [2.24, 2.45) is 0 Å². The number of ether oxygens (including phenoxy) is 2. The van der Waals surface area contributed by atoms with Gasteiger partial charge in [0.2, 0.25) is 5.91 Å². The highest BCUT2D eigenvalue weighted by Gasteiger charge is 2.30. The van der Waals surface area contributed by atoms with Crippen molar-refractivity contribution in [1.82, 2.24) is 20.2 Å². The maximum atomic E-state index is 14.1. The van der Waals surface area contributed by atoms with Crippen LogP contribution in [-0.2, 0) is 4.79 Å². The number of thiophene rings is 1. The molecule has 0 radical (unpaired) electrons. The summed E-state index contributed by atoms with van der Waals surface area (Å²) in [5, 5.41) is 3.60. The van der Waals surface area contributed by atoms with Crippen molar-refractivity contribution in [1.29, 1.82) is 0 Å². The van der Waals surface area contributed by atoms with Gasteiger partial charge >= 0.3 is 0 Å². The van der Waals surface area contributed by atoms with Gasteiger partial charge in [-0.15, -0.1) is 11.3 Å². The Labute approximate surface area is 237 Å². The van der Waals surface area contributed by atoms with Crippen LogP contribution in [0.15, 0.2) is 61.1 Å². The smallest absolute Gasteiger partial charge is 0.264 e. The van der Waals surface area contributed by atoms with Crippen molar-refractivity contribution < 1.29 is 19.1 Å². The summed E-state index contributed by atoms with van der Waals surface area (Å²) in [5.41, 5.74) is 1.80. The number of benzene rings is 1. The van der Waals surface area contributed by atoms with Gasteiger partial charge in [-0.3, -0.25) is 14.6 Å². The molecular formula is C30H33N5O4S. The number of aromatic nitrogens is 2. The number of piperidine rings is 1. The Balaban J connectivity index is 1.45. The van der Waals surface area contributed by atoms with Crippen molar-refractivity contribution in [3.63, 3.8) is 0 Å². The summed E-state index contributed by atoms with van der Waals surface area (Å²) in [7, 11) is 4.86. The fourth-order valence-electron chi connectivity index (χ4n) is 5.13. The first kappa shape index (κ1) is 27.4. The lowest BCUT2D eigenvalue weighted by molar-refractivity contribution is -0.120. The van der Waals surface area contributed by atoms with E-state index in [2.05, 4.69) is 20.2 Å². The molecule has 1 aliphatic heterocycles. The zero-order chi connectivity index (χ0) is 28.1. The minimum Gasteiger partial charge on any atom is -0.497 e.